The number of piperidine rings is 1. The summed E-state index contributed by atoms with van der Waals surface area (Å²) in [5, 5.41) is 14.9. The van der Waals surface area contributed by atoms with Crippen LogP contribution in [-0.2, 0) is 6.18 Å². The lowest BCUT2D eigenvalue weighted by atomic mass is 9.92. The molecule has 5 rings (SSSR count). The SMILES string of the molecule is Cc1nnc(N2C[C@H]3CC[C@@H](C2)[C@@H]3Nc2nc3c(O[C@H](C)C(F)(F)F)ccc(C(F)(F)F)n3n2)o1. The third-order valence-corrected chi connectivity index (χ3v) is 6.42. The monoisotopic (exact) mass is 505 g/mol. The molecular weight excluding hydrogens is 484 g/mol. The van der Waals surface area contributed by atoms with E-state index in [4.69, 9.17) is 9.15 Å². The van der Waals surface area contributed by atoms with Crippen LogP contribution in [0, 0.1) is 18.8 Å². The number of rotatable bonds is 5. The van der Waals surface area contributed by atoms with Crippen LogP contribution >= 0.6 is 0 Å². The molecule has 0 aromatic carbocycles. The van der Waals surface area contributed by atoms with Gasteiger partial charge in [-0.15, -0.1) is 10.2 Å². The van der Waals surface area contributed by atoms with Crippen molar-refractivity contribution < 1.29 is 35.5 Å². The van der Waals surface area contributed by atoms with Crippen LogP contribution in [0.5, 0.6) is 5.75 Å². The van der Waals surface area contributed by atoms with Crippen molar-refractivity contribution in [3.05, 3.63) is 23.7 Å². The number of halogens is 6. The number of alkyl halides is 6. The standard InChI is InChI=1S/C20H21F6N7O2/c1-9(19(21,22)23)34-13-5-6-14(20(24,25)26)33-16(13)28-17(31-33)27-15-11-3-4-12(15)8-32(7-11)18-30-29-10(2)35-18/h5-6,9,11-12,15H,3-4,7-8H2,1-2H3,(H,27,31)/t9-,11-,12+,15-/m1/s1. The number of ether oxygens (including phenoxy) is 1. The summed E-state index contributed by atoms with van der Waals surface area (Å²) in [5.74, 6) is 0.0919. The Morgan fingerprint density at radius 3 is 2.34 bits per heavy atom. The molecule has 0 radical (unpaired) electrons. The number of nitrogens with zero attached hydrogens (tertiary/aromatic N) is 6. The first-order valence-corrected chi connectivity index (χ1v) is 10.9. The highest BCUT2D eigenvalue weighted by atomic mass is 19.4. The molecule has 2 aliphatic rings. The average molecular weight is 505 g/mol. The topological polar surface area (TPSA) is 93.6 Å². The molecular formula is C20H21F6N7O2. The summed E-state index contributed by atoms with van der Waals surface area (Å²) in [5.41, 5.74) is -1.63. The number of aryl methyl sites for hydroxylation is 1. The van der Waals surface area contributed by atoms with Crippen LogP contribution in [0.15, 0.2) is 16.5 Å². The van der Waals surface area contributed by atoms with Crippen molar-refractivity contribution in [1.29, 1.82) is 0 Å². The summed E-state index contributed by atoms with van der Waals surface area (Å²) in [6, 6.07) is 1.73. The van der Waals surface area contributed by atoms with Gasteiger partial charge in [-0.3, -0.25) is 0 Å². The van der Waals surface area contributed by atoms with E-state index in [9.17, 15) is 26.3 Å². The largest absolute Gasteiger partial charge is 0.477 e. The van der Waals surface area contributed by atoms with Crippen LogP contribution < -0.4 is 15.0 Å². The van der Waals surface area contributed by atoms with Gasteiger partial charge in [-0.2, -0.15) is 31.3 Å². The molecule has 4 atom stereocenters. The maximum Gasteiger partial charge on any atom is 0.433 e. The van der Waals surface area contributed by atoms with Crippen molar-refractivity contribution >= 4 is 17.6 Å². The molecule has 15 heteroatoms. The Bertz CT molecular complexity index is 1210. The van der Waals surface area contributed by atoms with Gasteiger partial charge in [0.25, 0.3) is 0 Å². The van der Waals surface area contributed by atoms with Gasteiger partial charge < -0.3 is 19.4 Å². The van der Waals surface area contributed by atoms with Crippen molar-refractivity contribution in [2.45, 2.75) is 51.2 Å². The van der Waals surface area contributed by atoms with E-state index in [1.807, 2.05) is 4.90 Å². The second kappa shape index (κ2) is 8.16. The number of hydrogen-bond acceptors (Lipinski definition) is 8. The molecule has 1 saturated heterocycles. The van der Waals surface area contributed by atoms with E-state index in [-0.39, 0.29) is 23.8 Å². The van der Waals surface area contributed by atoms with Gasteiger partial charge in [0.05, 0.1) is 0 Å². The molecule has 9 nitrogen and oxygen atoms in total. The first-order chi connectivity index (χ1) is 16.4. The lowest BCUT2D eigenvalue weighted by Gasteiger charge is -2.37. The Kier molecular flexibility index (Phi) is 5.47. The molecule has 1 N–H and O–H groups in total. The van der Waals surface area contributed by atoms with E-state index in [0.29, 0.717) is 35.6 Å². The molecule has 0 unspecified atom stereocenters. The fraction of sp³-hybridized carbons (Fsp3) is 0.600. The van der Waals surface area contributed by atoms with Gasteiger partial charge >= 0.3 is 18.4 Å². The fourth-order valence-corrected chi connectivity index (χ4v) is 4.74. The highest BCUT2D eigenvalue weighted by Crippen LogP contribution is 2.40. The van der Waals surface area contributed by atoms with Gasteiger partial charge in [-0.05, 0) is 43.7 Å². The zero-order valence-corrected chi connectivity index (χ0v) is 18.6. The van der Waals surface area contributed by atoms with Crippen molar-refractivity contribution in [1.82, 2.24) is 24.8 Å². The van der Waals surface area contributed by atoms with Crippen molar-refractivity contribution in [3.8, 4) is 5.75 Å². The molecule has 0 spiro atoms. The second-order valence-electron chi connectivity index (χ2n) is 8.83. The molecule has 1 aliphatic carbocycles. The number of anilines is 2. The lowest BCUT2D eigenvalue weighted by Crippen LogP contribution is -2.48. The van der Waals surface area contributed by atoms with Gasteiger partial charge in [0.1, 0.15) is 5.69 Å². The number of aromatic nitrogens is 5. The van der Waals surface area contributed by atoms with Gasteiger partial charge in [-0.25, -0.2) is 4.52 Å². The minimum absolute atomic E-state index is 0.107. The highest BCUT2D eigenvalue weighted by Gasteiger charge is 2.44. The van der Waals surface area contributed by atoms with Crippen molar-refractivity contribution in [2.75, 3.05) is 23.3 Å². The minimum atomic E-state index is -4.80. The Morgan fingerprint density at radius 2 is 1.77 bits per heavy atom. The lowest BCUT2D eigenvalue weighted by molar-refractivity contribution is -0.189. The van der Waals surface area contributed by atoms with E-state index in [0.717, 1.165) is 25.8 Å². The van der Waals surface area contributed by atoms with Gasteiger partial charge in [0.2, 0.25) is 11.8 Å². The van der Waals surface area contributed by atoms with Crippen LogP contribution in [0.1, 0.15) is 31.4 Å². The third-order valence-electron chi connectivity index (χ3n) is 6.42. The van der Waals surface area contributed by atoms with Crippen LogP contribution in [0.4, 0.5) is 38.3 Å². The van der Waals surface area contributed by atoms with Crippen LogP contribution in [0.25, 0.3) is 5.65 Å². The molecule has 1 saturated carbocycles. The van der Waals surface area contributed by atoms with E-state index in [1.165, 1.54) is 0 Å². The first-order valence-electron chi connectivity index (χ1n) is 10.9. The van der Waals surface area contributed by atoms with E-state index < -0.39 is 35.5 Å². The van der Waals surface area contributed by atoms with Crippen LogP contribution in [-0.4, -0.2) is 56.2 Å². The molecule has 3 aromatic heterocycles. The molecule has 4 heterocycles. The molecule has 35 heavy (non-hydrogen) atoms. The number of hydrogen-bond donors (Lipinski definition) is 1. The molecule has 3 aromatic rings. The van der Waals surface area contributed by atoms with E-state index in [1.54, 1.807) is 6.92 Å². The zero-order valence-electron chi connectivity index (χ0n) is 18.6. The van der Waals surface area contributed by atoms with Crippen LogP contribution in [0.2, 0.25) is 0 Å². The summed E-state index contributed by atoms with van der Waals surface area (Å²) in [4.78, 5) is 6.06. The van der Waals surface area contributed by atoms with E-state index >= 15 is 0 Å². The Morgan fingerprint density at radius 1 is 1.09 bits per heavy atom. The summed E-state index contributed by atoms with van der Waals surface area (Å²) < 4.78 is 90.5. The van der Waals surface area contributed by atoms with Crippen LogP contribution in [0.3, 0.4) is 0 Å². The summed E-state index contributed by atoms with van der Waals surface area (Å²) in [6.45, 7) is 3.64. The maximum absolute atomic E-state index is 13.6. The smallest absolute Gasteiger partial charge is 0.433 e. The number of pyridine rings is 1. The Hall–Kier alpha value is -3.26. The zero-order chi connectivity index (χ0) is 25.1. The quantitative estimate of drug-likeness (QED) is 0.519. The predicted molar refractivity (Wildman–Crippen MR) is 109 cm³/mol. The van der Waals surface area contributed by atoms with Gasteiger partial charge in [0.15, 0.2) is 17.5 Å². The summed E-state index contributed by atoms with van der Waals surface area (Å²) in [6.07, 6.45) is -10.0. The predicted octanol–water partition coefficient (Wildman–Crippen LogP) is 4.10. The van der Waals surface area contributed by atoms with Gasteiger partial charge in [0, 0.05) is 26.1 Å². The Labute approximate surface area is 194 Å². The molecule has 2 fully saturated rings. The minimum Gasteiger partial charge on any atom is -0.477 e. The van der Waals surface area contributed by atoms with Crippen molar-refractivity contribution in [2.24, 2.45) is 11.8 Å². The second-order valence-corrected chi connectivity index (χ2v) is 8.83. The molecule has 190 valence electrons. The number of nitrogens with one attached hydrogen (secondary N) is 1. The summed E-state index contributed by atoms with van der Waals surface area (Å²) >= 11 is 0. The van der Waals surface area contributed by atoms with Gasteiger partial charge in [-0.1, -0.05) is 5.10 Å². The molecule has 2 bridgehead atoms. The molecule has 1 aliphatic heterocycles. The fourth-order valence-electron chi connectivity index (χ4n) is 4.74. The highest BCUT2D eigenvalue weighted by molar-refractivity contribution is 5.57. The van der Waals surface area contributed by atoms with E-state index in [2.05, 4.69) is 25.6 Å². The Balaban J connectivity index is 1.42. The van der Waals surface area contributed by atoms with Crippen molar-refractivity contribution in [3.63, 3.8) is 0 Å². The summed E-state index contributed by atoms with van der Waals surface area (Å²) in [7, 11) is 0. The maximum atomic E-state index is 13.6. The molecule has 0 amide bonds. The first kappa shape index (κ1) is 23.5. The average Bonchev–Trinajstić information content (AvgIpc) is 3.43. The number of fused-ring (bicyclic) bond motifs is 3. The normalized spacial score (nSPS) is 23.7. The third kappa shape index (κ3) is 4.43.